The van der Waals surface area contributed by atoms with E-state index in [0.29, 0.717) is 6.54 Å². The summed E-state index contributed by atoms with van der Waals surface area (Å²) in [5.41, 5.74) is 1.20. The van der Waals surface area contributed by atoms with Crippen molar-refractivity contribution in [2.24, 2.45) is 4.99 Å². The Morgan fingerprint density at radius 3 is 2.70 bits per heavy atom. The molecule has 1 unspecified atom stereocenters. The minimum Gasteiger partial charge on any atom is -0.489 e. The molecule has 0 amide bonds. The van der Waals surface area contributed by atoms with Crippen molar-refractivity contribution in [3.63, 3.8) is 0 Å². The molecule has 6 nitrogen and oxygen atoms in total. The van der Waals surface area contributed by atoms with Crippen molar-refractivity contribution >= 4 is 29.9 Å². The molecule has 2 N–H and O–H groups in total. The van der Waals surface area contributed by atoms with Crippen molar-refractivity contribution in [1.29, 1.82) is 0 Å². The van der Waals surface area contributed by atoms with Crippen molar-refractivity contribution in [3.05, 3.63) is 29.8 Å². The van der Waals surface area contributed by atoms with E-state index in [1.165, 1.54) is 18.4 Å². The highest BCUT2D eigenvalue weighted by molar-refractivity contribution is 14.0. The predicted octanol–water partition coefficient (Wildman–Crippen LogP) is 2.66. The SMILES string of the molecule is CN=C(NCCN(CCOC)C1CC1)NCC(C)Oc1cccc(C)c1.I. The maximum absolute atomic E-state index is 5.95. The first-order valence-electron chi connectivity index (χ1n) is 9.53. The number of guanidine groups is 1. The zero-order valence-corrected chi connectivity index (χ0v) is 19.4. The summed E-state index contributed by atoms with van der Waals surface area (Å²) in [6, 6.07) is 8.86. The summed E-state index contributed by atoms with van der Waals surface area (Å²) in [5, 5.41) is 6.72. The summed E-state index contributed by atoms with van der Waals surface area (Å²) >= 11 is 0. The standard InChI is InChI=1S/C20H34N4O2.HI/c1-16-6-5-7-19(14-16)26-17(2)15-23-20(21-3)22-10-11-24(12-13-25-4)18-8-9-18;/h5-7,14,17-18H,8-13,15H2,1-4H3,(H2,21,22,23);1H. The predicted molar refractivity (Wildman–Crippen MR) is 123 cm³/mol. The fraction of sp³-hybridized carbons (Fsp3) is 0.650. The van der Waals surface area contributed by atoms with E-state index in [4.69, 9.17) is 9.47 Å². The topological polar surface area (TPSA) is 58.1 Å². The average molecular weight is 490 g/mol. The molecule has 1 fully saturated rings. The molecule has 1 aromatic carbocycles. The lowest BCUT2D eigenvalue weighted by molar-refractivity contribution is 0.144. The summed E-state index contributed by atoms with van der Waals surface area (Å²) in [6.07, 6.45) is 2.68. The molecule has 0 heterocycles. The van der Waals surface area contributed by atoms with E-state index < -0.39 is 0 Å². The second-order valence-electron chi connectivity index (χ2n) is 6.88. The first-order valence-corrected chi connectivity index (χ1v) is 9.53. The van der Waals surface area contributed by atoms with Gasteiger partial charge in [0, 0.05) is 39.8 Å². The van der Waals surface area contributed by atoms with E-state index in [0.717, 1.165) is 44.0 Å². The third kappa shape index (κ3) is 9.62. The van der Waals surface area contributed by atoms with E-state index in [-0.39, 0.29) is 30.1 Å². The molecule has 1 aliphatic rings. The Morgan fingerprint density at radius 1 is 1.30 bits per heavy atom. The Balaban J connectivity index is 0.00000364. The summed E-state index contributed by atoms with van der Waals surface area (Å²) in [6.45, 7) is 8.48. The molecule has 7 heteroatoms. The molecule has 1 aliphatic carbocycles. The van der Waals surface area contributed by atoms with Gasteiger partial charge in [0.1, 0.15) is 11.9 Å². The van der Waals surface area contributed by atoms with Gasteiger partial charge in [0.2, 0.25) is 0 Å². The third-order valence-electron chi connectivity index (χ3n) is 4.44. The number of ether oxygens (including phenoxy) is 2. The van der Waals surface area contributed by atoms with E-state index >= 15 is 0 Å². The summed E-state index contributed by atoms with van der Waals surface area (Å²) in [5.74, 6) is 1.72. The quantitative estimate of drug-likeness (QED) is 0.284. The maximum atomic E-state index is 5.95. The first-order chi connectivity index (χ1) is 12.6. The Kier molecular flexibility index (Phi) is 11.7. The fourth-order valence-corrected chi connectivity index (χ4v) is 2.87. The van der Waals surface area contributed by atoms with Gasteiger partial charge in [-0.15, -0.1) is 24.0 Å². The van der Waals surface area contributed by atoms with E-state index in [2.05, 4.69) is 46.5 Å². The highest BCUT2D eigenvalue weighted by Crippen LogP contribution is 2.25. The molecular formula is C20H35IN4O2. The lowest BCUT2D eigenvalue weighted by Gasteiger charge is -2.23. The Morgan fingerprint density at radius 2 is 2.07 bits per heavy atom. The van der Waals surface area contributed by atoms with E-state index in [1.807, 2.05) is 12.1 Å². The van der Waals surface area contributed by atoms with Crippen LogP contribution < -0.4 is 15.4 Å². The third-order valence-corrected chi connectivity index (χ3v) is 4.44. The van der Waals surface area contributed by atoms with Crippen molar-refractivity contribution in [2.75, 3.05) is 46.9 Å². The number of halogens is 1. The van der Waals surface area contributed by atoms with Gasteiger partial charge in [-0.25, -0.2) is 0 Å². The number of methoxy groups -OCH3 is 1. The van der Waals surface area contributed by atoms with Gasteiger partial charge in [-0.1, -0.05) is 12.1 Å². The Bertz CT molecular complexity index is 567. The van der Waals surface area contributed by atoms with Gasteiger partial charge in [-0.2, -0.15) is 0 Å². The van der Waals surface area contributed by atoms with E-state index in [9.17, 15) is 0 Å². The fourth-order valence-electron chi connectivity index (χ4n) is 2.87. The van der Waals surface area contributed by atoms with Gasteiger partial charge in [0.05, 0.1) is 13.2 Å². The average Bonchev–Trinajstić information content (AvgIpc) is 3.45. The summed E-state index contributed by atoms with van der Waals surface area (Å²) in [4.78, 5) is 6.79. The number of rotatable bonds is 11. The van der Waals surface area contributed by atoms with Crippen LogP contribution in [0, 0.1) is 6.92 Å². The smallest absolute Gasteiger partial charge is 0.191 e. The summed E-state index contributed by atoms with van der Waals surface area (Å²) in [7, 11) is 3.56. The van der Waals surface area contributed by atoms with Gasteiger partial charge in [-0.3, -0.25) is 9.89 Å². The van der Waals surface area contributed by atoms with Gasteiger partial charge in [0.25, 0.3) is 0 Å². The monoisotopic (exact) mass is 490 g/mol. The van der Waals surface area contributed by atoms with Gasteiger partial charge < -0.3 is 20.1 Å². The number of aliphatic imine (C=N–C) groups is 1. The van der Waals surface area contributed by atoms with Crippen molar-refractivity contribution < 1.29 is 9.47 Å². The van der Waals surface area contributed by atoms with Crippen LogP contribution in [-0.4, -0.2) is 69.9 Å². The molecule has 0 radical (unpaired) electrons. The lowest BCUT2D eigenvalue weighted by atomic mass is 10.2. The molecular weight excluding hydrogens is 455 g/mol. The zero-order chi connectivity index (χ0) is 18.8. The van der Waals surface area contributed by atoms with Crippen molar-refractivity contribution in [2.45, 2.75) is 38.8 Å². The molecule has 1 saturated carbocycles. The van der Waals surface area contributed by atoms with Crippen LogP contribution in [0.4, 0.5) is 0 Å². The summed E-state index contributed by atoms with van der Waals surface area (Å²) < 4.78 is 11.2. The van der Waals surface area contributed by atoms with Crippen LogP contribution in [0.25, 0.3) is 0 Å². The van der Waals surface area contributed by atoms with Crippen LogP contribution in [-0.2, 0) is 4.74 Å². The minimum absolute atomic E-state index is 0. The number of hydrogen-bond acceptors (Lipinski definition) is 4. The molecule has 1 atom stereocenters. The Labute approximate surface area is 181 Å². The van der Waals surface area contributed by atoms with Gasteiger partial charge >= 0.3 is 0 Å². The highest BCUT2D eigenvalue weighted by atomic mass is 127. The molecule has 27 heavy (non-hydrogen) atoms. The minimum atomic E-state index is 0. The van der Waals surface area contributed by atoms with E-state index in [1.54, 1.807) is 14.2 Å². The second kappa shape index (κ2) is 13.2. The van der Waals surface area contributed by atoms with Crippen LogP contribution in [0.15, 0.2) is 29.3 Å². The first kappa shape index (κ1) is 24.0. The second-order valence-corrected chi connectivity index (χ2v) is 6.88. The number of nitrogens with zero attached hydrogens (tertiary/aromatic N) is 2. The van der Waals surface area contributed by atoms with Crippen LogP contribution in [0.5, 0.6) is 5.75 Å². The van der Waals surface area contributed by atoms with Gasteiger partial charge in [0.15, 0.2) is 5.96 Å². The highest BCUT2D eigenvalue weighted by Gasteiger charge is 2.28. The molecule has 0 bridgehead atoms. The van der Waals surface area contributed by atoms with Crippen LogP contribution in [0.1, 0.15) is 25.3 Å². The molecule has 0 spiro atoms. The van der Waals surface area contributed by atoms with Gasteiger partial charge in [-0.05, 0) is 44.4 Å². The molecule has 0 aromatic heterocycles. The van der Waals surface area contributed by atoms with Crippen LogP contribution in [0.2, 0.25) is 0 Å². The normalized spacial score (nSPS) is 15.2. The molecule has 2 rings (SSSR count). The van der Waals surface area contributed by atoms with Crippen molar-refractivity contribution in [3.8, 4) is 5.75 Å². The number of aryl methyl sites for hydroxylation is 1. The largest absolute Gasteiger partial charge is 0.489 e. The number of nitrogens with one attached hydrogen (secondary N) is 2. The van der Waals surface area contributed by atoms with Crippen molar-refractivity contribution in [1.82, 2.24) is 15.5 Å². The molecule has 1 aromatic rings. The molecule has 154 valence electrons. The van der Waals surface area contributed by atoms with Crippen LogP contribution in [0.3, 0.4) is 0 Å². The number of benzene rings is 1. The number of hydrogen-bond donors (Lipinski definition) is 2. The van der Waals surface area contributed by atoms with Crippen LogP contribution >= 0.6 is 24.0 Å². The lowest BCUT2D eigenvalue weighted by Crippen LogP contribution is -2.45. The zero-order valence-electron chi connectivity index (χ0n) is 17.0. The molecule has 0 saturated heterocycles. The maximum Gasteiger partial charge on any atom is 0.191 e. The molecule has 0 aliphatic heterocycles. The Hall–Kier alpha value is -1.06.